The molecule has 96 valence electrons. The molecule has 0 bridgehead atoms. The molecule has 0 radical (unpaired) electrons. The lowest BCUT2D eigenvalue weighted by molar-refractivity contribution is -0.873. The van der Waals surface area contributed by atoms with E-state index >= 15 is 0 Å². The van der Waals surface area contributed by atoms with Crippen LogP contribution in [0.3, 0.4) is 0 Å². The molecule has 0 aromatic heterocycles. The molecule has 0 saturated carbocycles. The van der Waals surface area contributed by atoms with Crippen LogP contribution in [0.5, 0.6) is 0 Å². The van der Waals surface area contributed by atoms with Gasteiger partial charge >= 0.3 is 5.97 Å². The Morgan fingerprint density at radius 3 is 2.31 bits per heavy atom. The third-order valence-electron chi connectivity index (χ3n) is 1.79. The highest BCUT2D eigenvalue weighted by Gasteiger charge is 2.15. The summed E-state index contributed by atoms with van der Waals surface area (Å²) in [6.07, 6.45) is 0.0251. The second kappa shape index (κ2) is 7.65. The van der Waals surface area contributed by atoms with Crippen molar-refractivity contribution in [3.05, 3.63) is 12.2 Å². The van der Waals surface area contributed by atoms with Gasteiger partial charge in [0.2, 0.25) is 0 Å². The van der Waals surface area contributed by atoms with E-state index in [1.165, 1.54) is 0 Å². The molecule has 0 aliphatic carbocycles. The van der Waals surface area contributed by atoms with Crippen LogP contribution < -0.4 is 12.4 Å². The van der Waals surface area contributed by atoms with Crippen LogP contribution in [-0.2, 0) is 9.53 Å². The summed E-state index contributed by atoms with van der Waals surface area (Å²) in [5.41, 5.74) is 0.385. The summed E-state index contributed by atoms with van der Waals surface area (Å²) in [5.74, 6) is -0.396. The number of carbonyl (C=O) groups excluding carboxylic acids is 1. The van der Waals surface area contributed by atoms with Crippen LogP contribution in [0.1, 0.15) is 13.3 Å². The number of esters is 1. The highest BCUT2D eigenvalue weighted by molar-refractivity contribution is 5.86. The average Bonchev–Trinajstić information content (AvgIpc) is 2.00. The van der Waals surface area contributed by atoms with Crippen LogP contribution in [0.15, 0.2) is 12.2 Å². The third-order valence-corrected chi connectivity index (χ3v) is 1.79. The zero-order valence-corrected chi connectivity index (χ0v) is 11.3. The molecule has 0 saturated heterocycles. The van der Waals surface area contributed by atoms with Crippen molar-refractivity contribution in [2.75, 3.05) is 34.3 Å². The van der Waals surface area contributed by atoms with E-state index in [2.05, 4.69) is 6.58 Å². The Morgan fingerprint density at radius 2 is 1.94 bits per heavy atom. The maximum absolute atomic E-state index is 11.0. The van der Waals surface area contributed by atoms with Crippen LogP contribution in [-0.4, -0.2) is 56.0 Å². The fourth-order valence-electron chi connectivity index (χ4n) is 1.13. The zero-order valence-electron chi connectivity index (χ0n) is 10.5. The summed E-state index contributed by atoms with van der Waals surface area (Å²) < 4.78 is 5.57. The Bertz CT molecular complexity index is 236. The second-order valence-corrected chi connectivity index (χ2v) is 4.83. The van der Waals surface area contributed by atoms with E-state index in [9.17, 15) is 9.90 Å². The summed E-state index contributed by atoms with van der Waals surface area (Å²) in [6.45, 7) is 5.96. The minimum Gasteiger partial charge on any atom is -1.00 e. The number of halogens is 1. The van der Waals surface area contributed by atoms with Crippen molar-refractivity contribution < 1.29 is 31.5 Å². The van der Waals surface area contributed by atoms with E-state index in [0.29, 0.717) is 23.0 Å². The van der Waals surface area contributed by atoms with Gasteiger partial charge in [0, 0.05) is 12.0 Å². The Labute approximate surface area is 104 Å². The topological polar surface area (TPSA) is 46.5 Å². The first-order valence-corrected chi connectivity index (χ1v) is 5.03. The zero-order chi connectivity index (χ0) is 12.1. The van der Waals surface area contributed by atoms with Crippen molar-refractivity contribution >= 4 is 5.97 Å². The number of hydrogen-bond donors (Lipinski definition) is 1. The van der Waals surface area contributed by atoms with Gasteiger partial charge in [-0.15, -0.1) is 0 Å². The summed E-state index contributed by atoms with van der Waals surface area (Å²) in [7, 11) is 6.01. The molecule has 1 atom stereocenters. The second-order valence-electron chi connectivity index (χ2n) is 4.83. The Hall–Kier alpha value is -0.580. The van der Waals surface area contributed by atoms with Crippen molar-refractivity contribution in [1.82, 2.24) is 0 Å². The van der Waals surface area contributed by atoms with Crippen LogP contribution in [0, 0.1) is 0 Å². The molecular formula is C11H22ClNO3. The molecule has 0 heterocycles. The predicted molar refractivity (Wildman–Crippen MR) is 59.3 cm³/mol. The van der Waals surface area contributed by atoms with E-state index in [0.717, 1.165) is 0 Å². The number of carbonyl (C=O) groups is 1. The van der Waals surface area contributed by atoms with E-state index in [4.69, 9.17) is 4.74 Å². The maximum Gasteiger partial charge on any atom is 0.333 e. The molecule has 0 aliphatic rings. The minimum atomic E-state index is -0.442. The Balaban J connectivity index is 0. The molecule has 1 unspecified atom stereocenters. The quantitative estimate of drug-likeness (QED) is 0.324. The molecule has 0 aliphatic heterocycles. The van der Waals surface area contributed by atoms with Crippen LogP contribution in [0.25, 0.3) is 0 Å². The average molecular weight is 252 g/mol. The summed E-state index contributed by atoms with van der Waals surface area (Å²) >= 11 is 0. The van der Waals surface area contributed by atoms with Gasteiger partial charge in [0.25, 0.3) is 0 Å². The maximum atomic E-state index is 11.0. The van der Waals surface area contributed by atoms with Crippen molar-refractivity contribution in [3.63, 3.8) is 0 Å². The van der Waals surface area contributed by atoms with Gasteiger partial charge in [-0.3, -0.25) is 0 Å². The first-order chi connectivity index (χ1) is 6.72. The largest absolute Gasteiger partial charge is 1.00 e. The van der Waals surface area contributed by atoms with Gasteiger partial charge in [-0.2, -0.15) is 0 Å². The monoisotopic (exact) mass is 251 g/mol. The standard InChI is InChI=1S/C11H22NO3.ClH/c1-9(2)11(14)15-7-6-10(13)8-12(3,4)5;/h10,13H,1,6-8H2,2-5H3;1H/q+1;/p-1. The summed E-state index contributed by atoms with van der Waals surface area (Å²) in [5, 5.41) is 9.61. The number of aliphatic hydroxyl groups excluding tert-OH is 1. The molecule has 5 heteroatoms. The predicted octanol–water partition coefficient (Wildman–Crippen LogP) is -2.43. The minimum absolute atomic E-state index is 0. The lowest BCUT2D eigenvalue weighted by Crippen LogP contribution is -3.00. The molecule has 0 amide bonds. The number of quaternary nitrogens is 1. The van der Waals surface area contributed by atoms with Crippen molar-refractivity contribution in [2.45, 2.75) is 19.4 Å². The van der Waals surface area contributed by atoms with E-state index in [1.54, 1.807) is 6.92 Å². The van der Waals surface area contributed by atoms with Gasteiger partial charge in [-0.25, -0.2) is 4.79 Å². The number of nitrogens with zero attached hydrogens (tertiary/aromatic N) is 1. The number of hydrogen-bond acceptors (Lipinski definition) is 3. The normalized spacial score (nSPS) is 12.6. The molecule has 0 rings (SSSR count). The lowest BCUT2D eigenvalue weighted by Gasteiger charge is -2.26. The highest BCUT2D eigenvalue weighted by Crippen LogP contribution is 2.01. The Morgan fingerprint density at radius 1 is 1.44 bits per heavy atom. The van der Waals surface area contributed by atoms with E-state index in [-0.39, 0.29) is 19.0 Å². The Kier molecular flexibility index (Phi) is 8.52. The number of ether oxygens (including phenoxy) is 1. The van der Waals surface area contributed by atoms with Crippen molar-refractivity contribution in [3.8, 4) is 0 Å². The third kappa shape index (κ3) is 9.96. The molecule has 0 aromatic rings. The molecule has 1 N–H and O–H groups in total. The highest BCUT2D eigenvalue weighted by atomic mass is 35.5. The van der Waals surface area contributed by atoms with E-state index in [1.807, 2.05) is 21.1 Å². The van der Waals surface area contributed by atoms with Gasteiger partial charge in [-0.1, -0.05) is 6.58 Å². The molecule has 0 aromatic carbocycles. The van der Waals surface area contributed by atoms with Gasteiger partial charge in [0.1, 0.15) is 12.6 Å². The summed E-state index contributed by atoms with van der Waals surface area (Å²) in [4.78, 5) is 11.0. The van der Waals surface area contributed by atoms with Crippen molar-refractivity contribution in [1.29, 1.82) is 0 Å². The fourth-order valence-corrected chi connectivity index (χ4v) is 1.13. The number of aliphatic hydroxyl groups is 1. The molecule has 16 heavy (non-hydrogen) atoms. The van der Waals surface area contributed by atoms with Crippen LogP contribution >= 0.6 is 0 Å². The smallest absolute Gasteiger partial charge is 0.333 e. The first kappa shape index (κ1) is 17.8. The number of rotatable bonds is 6. The summed E-state index contributed by atoms with van der Waals surface area (Å²) in [6, 6.07) is 0. The molecule has 0 spiro atoms. The molecule has 0 fully saturated rings. The fraction of sp³-hybridized carbons (Fsp3) is 0.727. The molecular weight excluding hydrogens is 230 g/mol. The lowest BCUT2D eigenvalue weighted by atomic mass is 10.2. The van der Waals surface area contributed by atoms with Gasteiger partial charge in [0.05, 0.1) is 27.7 Å². The van der Waals surface area contributed by atoms with E-state index < -0.39 is 12.1 Å². The first-order valence-electron chi connectivity index (χ1n) is 5.03. The van der Waals surface area contributed by atoms with Crippen molar-refractivity contribution in [2.24, 2.45) is 0 Å². The van der Waals surface area contributed by atoms with Gasteiger partial charge < -0.3 is 26.7 Å². The number of likely N-dealkylation sites (N-methyl/N-ethyl adjacent to an activating group) is 1. The van der Waals surface area contributed by atoms with Gasteiger partial charge in [-0.05, 0) is 6.92 Å². The van der Waals surface area contributed by atoms with Gasteiger partial charge in [0.15, 0.2) is 0 Å². The van der Waals surface area contributed by atoms with Crippen LogP contribution in [0.2, 0.25) is 0 Å². The van der Waals surface area contributed by atoms with Crippen LogP contribution in [0.4, 0.5) is 0 Å². The SMILES string of the molecule is C=C(C)C(=O)OCCC(O)C[N+](C)(C)C.[Cl-]. The molecule has 4 nitrogen and oxygen atoms in total.